The van der Waals surface area contributed by atoms with Crippen LogP contribution in [0.5, 0.6) is 0 Å². The lowest BCUT2D eigenvalue weighted by Crippen LogP contribution is -2.27. The minimum Gasteiger partial charge on any atom is -0.445 e. The zero-order valence-electron chi connectivity index (χ0n) is 12.8. The third-order valence-corrected chi connectivity index (χ3v) is 2.90. The highest BCUT2D eigenvalue weighted by Gasteiger charge is 2.06. The monoisotopic (exact) mass is 289 g/mol. The molecule has 114 valence electrons. The third-order valence-electron chi connectivity index (χ3n) is 2.90. The second-order valence-electron chi connectivity index (χ2n) is 4.53. The van der Waals surface area contributed by atoms with E-state index in [0.717, 1.165) is 29.9 Å². The number of nitrogens with zero attached hydrogens (tertiary/aromatic N) is 2. The summed E-state index contributed by atoms with van der Waals surface area (Å²) in [6, 6.07) is 2.03. The van der Waals surface area contributed by atoms with E-state index in [0.29, 0.717) is 6.54 Å². The molecule has 0 fully saturated rings. The van der Waals surface area contributed by atoms with Crippen LogP contribution in [0.2, 0.25) is 0 Å². The Morgan fingerprint density at radius 2 is 2.29 bits per heavy atom. The molecule has 0 aliphatic rings. The molecule has 0 spiro atoms. The molecule has 1 heterocycles. The second kappa shape index (κ2) is 8.79. The molecule has 5 nitrogen and oxygen atoms in total. The number of carbonyl (C=O) groups is 1. The van der Waals surface area contributed by atoms with E-state index in [4.69, 9.17) is 4.74 Å². The van der Waals surface area contributed by atoms with E-state index in [-0.39, 0.29) is 6.61 Å². The lowest BCUT2D eigenvalue weighted by molar-refractivity contribution is 0.156. The molecular weight excluding hydrogens is 266 g/mol. The molecule has 1 aromatic heterocycles. The first-order valence-electron chi connectivity index (χ1n) is 6.98. The van der Waals surface area contributed by atoms with Gasteiger partial charge >= 0.3 is 6.09 Å². The first-order valence-corrected chi connectivity index (χ1v) is 6.98. The Morgan fingerprint density at radius 1 is 1.52 bits per heavy atom. The van der Waals surface area contributed by atoms with Crippen LogP contribution in [-0.4, -0.2) is 29.0 Å². The number of nitrogens with one attached hydrogen (secondary N) is 1. The third kappa shape index (κ3) is 5.69. The van der Waals surface area contributed by atoms with Crippen molar-refractivity contribution < 1.29 is 9.53 Å². The van der Waals surface area contributed by atoms with Crippen molar-refractivity contribution in [3.8, 4) is 0 Å². The van der Waals surface area contributed by atoms with E-state index in [1.54, 1.807) is 18.2 Å². The van der Waals surface area contributed by atoms with E-state index < -0.39 is 6.09 Å². The van der Waals surface area contributed by atoms with E-state index >= 15 is 0 Å². The van der Waals surface area contributed by atoms with Crippen molar-refractivity contribution in [3.63, 3.8) is 0 Å². The Hall–Kier alpha value is -2.30. The molecule has 5 heteroatoms. The highest BCUT2D eigenvalue weighted by Crippen LogP contribution is 2.04. The van der Waals surface area contributed by atoms with Gasteiger partial charge in [0.2, 0.25) is 0 Å². The minimum atomic E-state index is -0.439. The number of carbonyl (C=O) groups excluding carboxylic acids is 1. The Kier molecular flexibility index (Phi) is 7.01. The lowest BCUT2D eigenvalue weighted by atomic mass is 10.2. The second-order valence-corrected chi connectivity index (χ2v) is 4.53. The number of ether oxygens (including phenoxy) is 1. The van der Waals surface area contributed by atoms with Gasteiger partial charge < -0.3 is 10.1 Å². The van der Waals surface area contributed by atoms with Crippen molar-refractivity contribution in [2.75, 3.05) is 13.2 Å². The Labute approximate surface area is 126 Å². The molecule has 0 radical (unpaired) electrons. The molecular formula is C16H23N3O2. The molecule has 1 rings (SSSR count). The molecule has 0 unspecified atom stereocenters. The van der Waals surface area contributed by atoms with Gasteiger partial charge in [-0.05, 0) is 25.5 Å². The fourth-order valence-corrected chi connectivity index (χ4v) is 1.89. The van der Waals surface area contributed by atoms with Crippen LogP contribution in [0.25, 0.3) is 0 Å². The fraction of sp³-hybridized carbons (Fsp3) is 0.375. The van der Waals surface area contributed by atoms with Crippen molar-refractivity contribution in [1.29, 1.82) is 0 Å². The Morgan fingerprint density at radius 3 is 2.90 bits per heavy atom. The van der Waals surface area contributed by atoms with Crippen LogP contribution < -0.4 is 5.32 Å². The van der Waals surface area contributed by atoms with Crippen LogP contribution in [0.4, 0.5) is 4.79 Å². The van der Waals surface area contributed by atoms with Crippen molar-refractivity contribution in [2.24, 2.45) is 0 Å². The molecule has 0 saturated carbocycles. The number of amides is 1. The average molecular weight is 289 g/mol. The minimum absolute atomic E-state index is 0.188. The van der Waals surface area contributed by atoms with Gasteiger partial charge in [0.05, 0.1) is 5.69 Å². The van der Waals surface area contributed by atoms with Crippen molar-refractivity contribution >= 4 is 6.09 Å². The quantitative estimate of drug-likeness (QED) is 0.749. The number of hydrogen-bond donors (Lipinski definition) is 1. The summed E-state index contributed by atoms with van der Waals surface area (Å²) in [5.41, 5.74) is 2.90. The van der Waals surface area contributed by atoms with E-state index in [1.165, 1.54) is 0 Å². The number of allylic oxidation sites excluding steroid dienone is 2. The number of hydrogen-bond acceptors (Lipinski definition) is 3. The number of rotatable bonds is 8. The molecule has 0 bridgehead atoms. The van der Waals surface area contributed by atoms with E-state index in [9.17, 15) is 4.79 Å². The molecule has 0 aromatic carbocycles. The maximum atomic E-state index is 11.6. The largest absolute Gasteiger partial charge is 0.445 e. The molecule has 0 aliphatic heterocycles. The van der Waals surface area contributed by atoms with Crippen LogP contribution in [0.15, 0.2) is 43.0 Å². The summed E-state index contributed by atoms with van der Waals surface area (Å²) >= 11 is 0. The predicted molar refractivity (Wildman–Crippen MR) is 84.2 cm³/mol. The van der Waals surface area contributed by atoms with Gasteiger partial charge in [-0.3, -0.25) is 4.68 Å². The molecule has 1 amide bonds. The smallest absolute Gasteiger partial charge is 0.407 e. The standard InChI is InChI=1S/C16H23N3O2/c1-5-8-14(6-2)12-21-16(20)17-10-9-15-11-13(4)18-19(15)7-3/h5-6,8,11H,1-2,7,9-10,12H2,3-4H3,(H,17,20)/b14-8+. The molecule has 0 aliphatic carbocycles. The maximum absolute atomic E-state index is 11.6. The van der Waals surface area contributed by atoms with Gasteiger partial charge in [0, 0.05) is 25.2 Å². The van der Waals surface area contributed by atoms with E-state index in [2.05, 4.69) is 23.6 Å². The van der Waals surface area contributed by atoms with Gasteiger partial charge in [-0.2, -0.15) is 5.10 Å². The predicted octanol–water partition coefficient (Wildman–Crippen LogP) is 2.78. The normalized spacial score (nSPS) is 11.0. The SMILES string of the molecule is C=C/C=C(\C=C)COC(=O)NCCc1cc(C)nn1CC. The Bertz CT molecular complexity index is 530. The summed E-state index contributed by atoms with van der Waals surface area (Å²) in [6.07, 6.45) is 5.30. The molecule has 0 saturated heterocycles. The van der Waals surface area contributed by atoms with Crippen molar-refractivity contribution in [3.05, 3.63) is 54.4 Å². The number of alkyl carbamates (subject to hydrolysis) is 1. The summed E-state index contributed by atoms with van der Waals surface area (Å²) in [5.74, 6) is 0. The van der Waals surface area contributed by atoms with Gasteiger partial charge in [0.25, 0.3) is 0 Å². The lowest BCUT2D eigenvalue weighted by Gasteiger charge is -2.08. The summed E-state index contributed by atoms with van der Waals surface area (Å²) in [6.45, 7) is 12.8. The van der Waals surface area contributed by atoms with Crippen molar-refractivity contribution in [1.82, 2.24) is 15.1 Å². The first-order chi connectivity index (χ1) is 10.1. The van der Waals surface area contributed by atoms with E-state index in [1.807, 2.05) is 24.6 Å². The maximum Gasteiger partial charge on any atom is 0.407 e. The van der Waals surface area contributed by atoms with Crippen LogP contribution >= 0.6 is 0 Å². The highest BCUT2D eigenvalue weighted by atomic mass is 16.5. The highest BCUT2D eigenvalue weighted by molar-refractivity contribution is 5.67. The average Bonchev–Trinajstić information content (AvgIpc) is 2.83. The zero-order valence-corrected chi connectivity index (χ0v) is 12.8. The molecule has 1 N–H and O–H groups in total. The Balaban J connectivity index is 2.35. The summed E-state index contributed by atoms with van der Waals surface area (Å²) < 4.78 is 7.02. The summed E-state index contributed by atoms with van der Waals surface area (Å²) in [4.78, 5) is 11.6. The van der Waals surface area contributed by atoms with Crippen LogP contribution in [-0.2, 0) is 17.7 Å². The van der Waals surface area contributed by atoms with Gasteiger partial charge in [0.15, 0.2) is 0 Å². The molecule has 21 heavy (non-hydrogen) atoms. The van der Waals surface area contributed by atoms with Gasteiger partial charge in [-0.25, -0.2) is 4.79 Å². The fourth-order valence-electron chi connectivity index (χ4n) is 1.89. The van der Waals surface area contributed by atoms with Crippen LogP contribution in [0.3, 0.4) is 0 Å². The topological polar surface area (TPSA) is 56.1 Å². The zero-order chi connectivity index (χ0) is 15.7. The molecule has 1 aromatic rings. The van der Waals surface area contributed by atoms with Gasteiger partial charge in [-0.15, -0.1) is 0 Å². The summed E-state index contributed by atoms with van der Waals surface area (Å²) in [7, 11) is 0. The first kappa shape index (κ1) is 16.8. The van der Waals surface area contributed by atoms with Gasteiger partial charge in [0.1, 0.15) is 6.61 Å². The van der Waals surface area contributed by atoms with Crippen LogP contribution in [0, 0.1) is 6.92 Å². The number of aryl methyl sites for hydroxylation is 2. The number of aromatic nitrogens is 2. The van der Waals surface area contributed by atoms with Crippen LogP contribution in [0.1, 0.15) is 18.3 Å². The van der Waals surface area contributed by atoms with Gasteiger partial charge in [-0.1, -0.05) is 31.4 Å². The van der Waals surface area contributed by atoms with Crippen molar-refractivity contribution in [2.45, 2.75) is 26.8 Å². The summed E-state index contributed by atoms with van der Waals surface area (Å²) in [5, 5.41) is 7.09. The molecule has 0 atom stereocenters.